The summed E-state index contributed by atoms with van der Waals surface area (Å²) in [4.78, 5) is 29.9. The molecule has 0 saturated heterocycles. The molecule has 2 heterocycles. The van der Waals surface area contributed by atoms with Crippen molar-refractivity contribution >= 4 is 35.1 Å². The lowest BCUT2D eigenvalue weighted by Crippen LogP contribution is -2.54. The van der Waals surface area contributed by atoms with Gasteiger partial charge in [-0.3, -0.25) is 9.59 Å². The molecule has 0 saturated carbocycles. The SMILES string of the molecule is COc1ccc(CNC(=O)[C@H](Cc2c[nH]c3ccccc23)NC(=O)[C@@H]2Cc3ccccc3CN2)cc1.Cl. The van der Waals surface area contributed by atoms with Crippen molar-refractivity contribution in [1.82, 2.24) is 20.9 Å². The number of hydrogen-bond donors (Lipinski definition) is 4. The Morgan fingerprint density at radius 2 is 1.73 bits per heavy atom. The number of carbonyl (C=O) groups excluding carboxylic acids is 2. The first-order valence-corrected chi connectivity index (χ1v) is 12.2. The highest BCUT2D eigenvalue weighted by Gasteiger charge is 2.29. The highest BCUT2D eigenvalue weighted by molar-refractivity contribution is 5.91. The lowest BCUT2D eigenvalue weighted by molar-refractivity contribution is -0.130. The first kappa shape index (κ1) is 26.3. The molecule has 7 nitrogen and oxygen atoms in total. The van der Waals surface area contributed by atoms with E-state index in [1.54, 1.807) is 7.11 Å². The lowest BCUT2D eigenvalue weighted by atomic mass is 9.95. The van der Waals surface area contributed by atoms with Crippen molar-refractivity contribution in [2.45, 2.75) is 38.0 Å². The van der Waals surface area contributed by atoms with Gasteiger partial charge in [0.2, 0.25) is 11.8 Å². The molecule has 8 heteroatoms. The van der Waals surface area contributed by atoms with E-state index in [1.165, 1.54) is 5.56 Å². The number of nitrogens with one attached hydrogen (secondary N) is 4. The number of benzene rings is 3. The van der Waals surface area contributed by atoms with Crippen molar-refractivity contribution < 1.29 is 14.3 Å². The van der Waals surface area contributed by atoms with Gasteiger partial charge in [0.25, 0.3) is 0 Å². The first-order chi connectivity index (χ1) is 17.6. The summed E-state index contributed by atoms with van der Waals surface area (Å²) in [5.41, 5.74) is 5.30. The van der Waals surface area contributed by atoms with Crippen LogP contribution in [0.15, 0.2) is 79.0 Å². The minimum Gasteiger partial charge on any atom is -0.497 e. The van der Waals surface area contributed by atoms with Crippen LogP contribution in [0.5, 0.6) is 5.75 Å². The molecule has 0 unspecified atom stereocenters. The minimum atomic E-state index is -0.714. The molecule has 0 radical (unpaired) electrons. The van der Waals surface area contributed by atoms with Crippen LogP contribution >= 0.6 is 12.4 Å². The van der Waals surface area contributed by atoms with Gasteiger partial charge >= 0.3 is 0 Å². The van der Waals surface area contributed by atoms with Crippen LogP contribution in [0.4, 0.5) is 0 Å². The summed E-state index contributed by atoms with van der Waals surface area (Å²) in [5, 5.41) is 10.4. The molecule has 2 atom stereocenters. The van der Waals surface area contributed by atoms with Crippen LogP contribution < -0.4 is 20.7 Å². The topological polar surface area (TPSA) is 95.2 Å². The molecular weight excluding hydrogens is 488 g/mol. The number of methoxy groups -OCH3 is 1. The fourth-order valence-corrected chi connectivity index (χ4v) is 4.70. The van der Waals surface area contributed by atoms with Gasteiger partial charge in [-0.1, -0.05) is 54.6 Å². The monoisotopic (exact) mass is 518 g/mol. The third-order valence-electron chi connectivity index (χ3n) is 6.76. The second-order valence-corrected chi connectivity index (χ2v) is 9.10. The summed E-state index contributed by atoms with van der Waals surface area (Å²) in [7, 11) is 1.62. The summed E-state index contributed by atoms with van der Waals surface area (Å²) >= 11 is 0. The van der Waals surface area contributed by atoms with Crippen molar-refractivity contribution in [3.05, 3.63) is 101 Å². The van der Waals surface area contributed by atoms with Gasteiger partial charge in [0, 0.05) is 36.6 Å². The van der Waals surface area contributed by atoms with Crippen molar-refractivity contribution in [2.24, 2.45) is 0 Å². The number of aromatic amines is 1. The van der Waals surface area contributed by atoms with Crippen molar-refractivity contribution in [2.75, 3.05) is 7.11 Å². The standard InChI is InChI=1S/C29H30N4O3.ClH/c1-36-23-12-10-19(11-13-23)16-32-28(34)27(15-22-18-30-25-9-5-4-8-24(22)25)33-29(35)26-14-20-6-2-3-7-21(20)17-31-26;/h2-13,18,26-27,30-31H,14-17H2,1H3,(H,32,34)(H,33,35);1H/t26-,27-;/m0./s1. The first-order valence-electron chi connectivity index (χ1n) is 12.2. The van der Waals surface area contributed by atoms with E-state index in [0.29, 0.717) is 25.9 Å². The Bertz CT molecular complexity index is 1370. The average Bonchev–Trinajstić information content (AvgIpc) is 3.34. The van der Waals surface area contributed by atoms with Crippen molar-refractivity contribution in [1.29, 1.82) is 0 Å². The van der Waals surface area contributed by atoms with E-state index in [0.717, 1.165) is 33.3 Å². The predicted octanol–water partition coefficient (Wildman–Crippen LogP) is 3.66. The summed E-state index contributed by atoms with van der Waals surface area (Å²) in [6, 6.07) is 22.5. The molecule has 2 amide bonds. The van der Waals surface area contributed by atoms with Gasteiger partial charge in [0.15, 0.2) is 0 Å². The average molecular weight is 519 g/mol. The second-order valence-electron chi connectivity index (χ2n) is 9.10. The van der Waals surface area contributed by atoms with E-state index >= 15 is 0 Å². The molecular formula is C29H31ClN4O3. The van der Waals surface area contributed by atoms with Gasteiger partial charge in [0.05, 0.1) is 13.2 Å². The molecule has 1 aliphatic heterocycles. The smallest absolute Gasteiger partial charge is 0.243 e. The van der Waals surface area contributed by atoms with E-state index in [9.17, 15) is 9.59 Å². The number of para-hydroxylation sites is 1. The van der Waals surface area contributed by atoms with E-state index in [4.69, 9.17) is 4.74 Å². The Balaban J connectivity index is 0.00000320. The number of hydrogen-bond acceptors (Lipinski definition) is 4. The Morgan fingerprint density at radius 1 is 1.00 bits per heavy atom. The van der Waals surface area contributed by atoms with E-state index in [2.05, 4.69) is 33.1 Å². The Kier molecular flexibility index (Phi) is 8.48. The summed E-state index contributed by atoms with van der Waals surface area (Å²) in [6.45, 7) is 0.989. The molecule has 37 heavy (non-hydrogen) atoms. The van der Waals surface area contributed by atoms with Crippen LogP contribution in [0.25, 0.3) is 10.9 Å². The summed E-state index contributed by atoms with van der Waals surface area (Å²) < 4.78 is 5.21. The highest BCUT2D eigenvalue weighted by atomic mass is 35.5. The van der Waals surface area contributed by atoms with Gasteiger partial charge in [-0.25, -0.2) is 0 Å². The van der Waals surface area contributed by atoms with Gasteiger partial charge in [-0.05, 0) is 46.9 Å². The molecule has 1 aliphatic rings. The number of H-pyrrole nitrogens is 1. The molecule has 0 spiro atoms. The normalized spacial score (nSPS) is 15.2. The second kappa shape index (κ2) is 12.0. The third-order valence-corrected chi connectivity index (χ3v) is 6.76. The molecule has 1 aromatic heterocycles. The number of amides is 2. The lowest BCUT2D eigenvalue weighted by Gasteiger charge is -2.27. The molecule has 192 valence electrons. The molecule has 5 rings (SSSR count). The maximum Gasteiger partial charge on any atom is 0.243 e. The van der Waals surface area contributed by atoms with E-state index < -0.39 is 6.04 Å². The zero-order valence-corrected chi connectivity index (χ0v) is 21.4. The van der Waals surface area contributed by atoms with Gasteiger partial charge < -0.3 is 25.7 Å². The fourth-order valence-electron chi connectivity index (χ4n) is 4.70. The predicted molar refractivity (Wildman–Crippen MR) is 147 cm³/mol. The van der Waals surface area contributed by atoms with Crippen molar-refractivity contribution in [3.8, 4) is 5.75 Å². The fraction of sp³-hybridized carbons (Fsp3) is 0.241. The molecule has 0 fully saturated rings. The number of rotatable bonds is 8. The van der Waals surface area contributed by atoms with Gasteiger partial charge in [-0.15, -0.1) is 12.4 Å². The van der Waals surface area contributed by atoms with Gasteiger partial charge in [0.1, 0.15) is 11.8 Å². The number of ether oxygens (including phenoxy) is 1. The zero-order chi connectivity index (χ0) is 24.9. The molecule has 4 N–H and O–H groups in total. The molecule has 0 bridgehead atoms. The van der Waals surface area contributed by atoms with Crippen LogP contribution in [0.1, 0.15) is 22.3 Å². The largest absolute Gasteiger partial charge is 0.497 e. The van der Waals surface area contributed by atoms with Crippen LogP contribution in [-0.4, -0.2) is 36.0 Å². The van der Waals surface area contributed by atoms with Crippen molar-refractivity contribution in [3.63, 3.8) is 0 Å². The quantitative estimate of drug-likeness (QED) is 0.286. The Hall–Kier alpha value is -3.81. The molecule has 3 aromatic carbocycles. The Labute approximate surface area is 222 Å². The van der Waals surface area contributed by atoms with Gasteiger partial charge in [-0.2, -0.15) is 0 Å². The number of carbonyl (C=O) groups is 2. The van der Waals surface area contributed by atoms with Crippen LogP contribution in [0.2, 0.25) is 0 Å². The summed E-state index contributed by atoms with van der Waals surface area (Å²) in [5.74, 6) is 0.366. The van der Waals surface area contributed by atoms with Crippen LogP contribution in [0.3, 0.4) is 0 Å². The number of aromatic nitrogens is 1. The highest BCUT2D eigenvalue weighted by Crippen LogP contribution is 2.20. The maximum absolute atomic E-state index is 13.3. The minimum absolute atomic E-state index is 0. The number of halogens is 1. The molecule has 0 aliphatic carbocycles. The van der Waals surface area contributed by atoms with E-state index in [-0.39, 0.29) is 30.3 Å². The number of fused-ring (bicyclic) bond motifs is 2. The van der Waals surface area contributed by atoms with Crippen LogP contribution in [-0.2, 0) is 35.5 Å². The molecule has 4 aromatic rings. The summed E-state index contributed by atoms with van der Waals surface area (Å²) in [6.07, 6.45) is 2.89. The maximum atomic E-state index is 13.3. The van der Waals surface area contributed by atoms with Crippen LogP contribution in [0, 0.1) is 0 Å². The third kappa shape index (κ3) is 6.13. The zero-order valence-electron chi connectivity index (χ0n) is 20.6. The Morgan fingerprint density at radius 3 is 2.51 bits per heavy atom. The van der Waals surface area contributed by atoms with E-state index in [1.807, 2.05) is 66.9 Å².